The molecule has 1 aliphatic carbocycles. The van der Waals surface area contributed by atoms with Crippen molar-refractivity contribution in [1.82, 2.24) is 4.57 Å². The number of esters is 1. The van der Waals surface area contributed by atoms with Crippen LogP contribution in [-0.2, 0) is 21.7 Å². The van der Waals surface area contributed by atoms with Crippen LogP contribution in [0, 0.1) is 12.8 Å². The molecular weight excluding hydrogens is 414 g/mol. The van der Waals surface area contributed by atoms with Gasteiger partial charge in [0.25, 0.3) is 5.82 Å². The minimum atomic E-state index is -2.87. The summed E-state index contributed by atoms with van der Waals surface area (Å²) in [5.74, 6) is -3.45. The van der Waals surface area contributed by atoms with E-state index in [1.807, 2.05) is 6.20 Å². The fourth-order valence-electron chi connectivity index (χ4n) is 4.85. The molecule has 0 saturated heterocycles. The summed E-state index contributed by atoms with van der Waals surface area (Å²) in [5, 5.41) is 11.3. The standard InChI is InChI=1S/C25H35F2N2O3/c1-4-22(5-2)29-16-15-28(19(29)3)14-9-17-32-23(30)25(31,20-10-7-6-8-11-20)21-12-13-24(26,27)18-21/h6-8,10-11,15-16,21-22,31H,4-5,9,12-14,17-18H2,1-3H3/q+1/t21-,25+/m1/s1. The number of hydrogen-bond donors (Lipinski definition) is 1. The number of carbonyl (C=O) groups excluding carboxylic acids is 1. The van der Waals surface area contributed by atoms with Gasteiger partial charge in [0, 0.05) is 32.1 Å². The van der Waals surface area contributed by atoms with Crippen molar-refractivity contribution in [3.05, 3.63) is 54.1 Å². The normalized spacial score (nSPS) is 19.8. The zero-order chi connectivity index (χ0) is 23.4. The highest BCUT2D eigenvalue weighted by atomic mass is 19.3. The van der Waals surface area contributed by atoms with E-state index in [-0.39, 0.29) is 19.4 Å². The van der Waals surface area contributed by atoms with Crippen LogP contribution in [0.2, 0.25) is 0 Å². The molecule has 0 bridgehead atoms. The monoisotopic (exact) mass is 449 g/mol. The van der Waals surface area contributed by atoms with Crippen LogP contribution in [0.3, 0.4) is 0 Å². The first-order valence-electron chi connectivity index (χ1n) is 11.6. The molecule has 1 aliphatic rings. The number of aliphatic hydroxyl groups is 1. The maximum absolute atomic E-state index is 13.9. The van der Waals surface area contributed by atoms with Crippen molar-refractivity contribution >= 4 is 5.97 Å². The van der Waals surface area contributed by atoms with Gasteiger partial charge in [-0.3, -0.25) is 0 Å². The van der Waals surface area contributed by atoms with Crippen LogP contribution >= 0.6 is 0 Å². The van der Waals surface area contributed by atoms with Crippen LogP contribution in [0.5, 0.6) is 0 Å². The Kier molecular flexibility index (Phi) is 7.70. The molecule has 2 atom stereocenters. The number of rotatable bonds is 10. The number of carbonyl (C=O) groups is 1. The van der Waals surface area contributed by atoms with Crippen molar-refractivity contribution in [3.63, 3.8) is 0 Å². The van der Waals surface area contributed by atoms with Crippen molar-refractivity contribution in [1.29, 1.82) is 0 Å². The summed E-state index contributed by atoms with van der Waals surface area (Å²) in [6.07, 6.45) is 6.01. The molecule has 3 rings (SSSR count). The highest BCUT2D eigenvalue weighted by Gasteiger charge is 2.54. The highest BCUT2D eigenvalue weighted by molar-refractivity contribution is 5.81. The fraction of sp³-hybridized carbons (Fsp3) is 0.600. The molecular formula is C25H35F2N2O3+. The average Bonchev–Trinajstić information content (AvgIpc) is 3.34. The molecule has 1 fully saturated rings. The predicted octanol–water partition coefficient (Wildman–Crippen LogP) is 4.70. The summed E-state index contributed by atoms with van der Waals surface area (Å²) < 4.78 is 37.6. The molecule has 1 N–H and O–H groups in total. The van der Waals surface area contributed by atoms with E-state index in [1.54, 1.807) is 30.3 Å². The van der Waals surface area contributed by atoms with Crippen LogP contribution < -0.4 is 4.57 Å². The first-order valence-corrected chi connectivity index (χ1v) is 11.6. The lowest BCUT2D eigenvalue weighted by Gasteiger charge is -2.32. The van der Waals surface area contributed by atoms with Gasteiger partial charge in [-0.1, -0.05) is 44.2 Å². The molecule has 32 heavy (non-hydrogen) atoms. The van der Waals surface area contributed by atoms with Gasteiger partial charge in [-0.2, -0.15) is 0 Å². The molecule has 0 aliphatic heterocycles. The Morgan fingerprint density at radius 1 is 1.31 bits per heavy atom. The second-order valence-electron chi connectivity index (χ2n) is 8.83. The molecule has 2 aromatic rings. The molecule has 0 amide bonds. The Balaban J connectivity index is 1.64. The SMILES string of the molecule is CCC(CC)n1cc[n+](CCCOC(=O)[C@](O)(c2ccccc2)[C@@H]2CCC(F)(F)C2)c1C. The largest absolute Gasteiger partial charge is 0.463 e. The summed E-state index contributed by atoms with van der Waals surface area (Å²) in [6, 6.07) is 8.77. The summed E-state index contributed by atoms with van der Waals surface area (Å²) in [5.41, 5.74) is -1.76. The fourth-order valence-corrected chi connectivity index (χ4v) is 4.85. The molecule has 7 heteroatoms. The average molecular weight is 450 g/mol. The van der Waals surface area contributed by atoms with Gasteiger partial charge in [-0.15, -0.1) is 0 Å². The van der Waals surface area contributed by atoms with Crippen LogP contribution in [0.4, 0.5) is 8.78 Å². The summed E-state index contributed by atoms with van der Waals surface area (Å²) >= 11 is 0. The van der Waals surface area contributed by atoms with Gasteiger partial charge in [-0.05, 0) is 24.8 Å². The van der Waals surface area contributed by atoms with E-state index in [9.17, 15) is 18.7 Å². The van der Waals surface area contributed by atoms with Crippen molar-refractivity contribution < 1.29 is 28.0 Å². The Labute approximate surface area is 189 Å². The number of alkyl halides is 2. The molecule has 0 unspecified atom stereocenters. The maximum Gasteiger partial charge on any atom is 0.343 e. The lowest BCUT2D eigenvalue weighted by molar-refractivity contribution is -0.703. The van der Waals surface area contributed by atoms with Gasteiger partial charge < -0.3 is 9.84 Å². The van der Waals surface area contributed by atoms with Crippen LogP contribution in [0.25, 0.3) is 0 Å². The number of aromatic nitrogens is 2. The second-order valence-corrected chi connectivity index (χ2v) is 8.83. The van der Waals surface area contributed by atoms with Gasteiger partial charge >= 0.3 is 5.97 Å². The number of hydrogen-bond acceptors (Lipinski definition) is 3. The number of imidazole rings is 1. The Hall–Kier alpha value is -2.28. The van der Waals surface area contributed by atoms with E-state index >= 15 is 0 Å². The van der Waals surface area contributed by atoms with E-state index in [0.717, 1.165) is 18.7 Å². The Morgan fingerprint density at radius 2 is 2.00 bits per heavy atom. The highest BCUT2D eigenvalue weighted by Crippen LogP contribution is 2.47. The van der Waals surface area contributed by atoms with Crippen LogP contribution in [0.15, 0.2) is 42.7 Å². The zero-order valence-electron chi connectivity index (χ0n) is 19.3. The van der Waals surface area contributed by atoms with Gasteiger partial charge in [0.1, 0.15) is 18.4 Å². The number of nitrogens with zero attached hydrogens (tertiary/aromatic N) is 2. The van der Waals surface area contributed by atoms with Crippen molar-refractivity contribution in [2.45, 2.75) is 83.4 Å². The van der Waals surface area contributed by atoms with Gasteiger partial charge in [0.05, 0.1) is 13.2 Å². The van der Waals surface area contributed by atoms with Crippen molar-refractivity contribution in [2.24, 2.45) is 5.92 Å². The summed E-state index contributed by atoms with van der Waals surface area (Å²) in [4.78, 5) is 13.0. The van der Waals surface area contributed by atoms with E-state index in [0.29, 0.717) is 24.6 Å². The molecule has 1 heterocycles. The minimum Gasteiger partial charge on any atom is -0.463 e. The van der Waals surface area contributed by atoms with Crippen LogP contribution in [-0.4, -0.2) is 28.2 Å². The lowest BCUT2D eigenvalue weighted by atomic mass is 9.80. The van der Waals surface area contributed by atoms with E-state index < -0.39 is 29.8 Å². The van der Waals surface area contributed by atoms with Crippen LogP contribution in [0.1, 0.15) is 69.8 Å². The molecule has 1 saturated carbocycles. The zero-order valence-corrected chi connectivity index (χ0v) is 19.3. The van der Waals surface area contributed by atoms with E-state index in [1.165, 1.54) is 0 Å². The molecule has 176 valence electrons. The molecule has 1 aromatic heterocycles. The predicted molar refractivity (Wildman–Crippen MR) is 117 cm³/mol. The molecule has 0 radical (unpaired) electrons. The quantitative estimate of drug-likeness (QED) is 0.325. The minimum absolute atomic E-state index is 0.0755. The first kappa shape index (κ1) is 24.4. The third kappa shape index (κ3) is 5.03. The number of benzene rings is 1. The van der Waals surface area contributed by atoms with Gasteiger partial charge in [-0.25, -0.2) is 22.7 Å². The molecule has 5 nitrogen and oxygen atoms in total. The summed E-state index contributed by atoms with van der Waals surface area (Å²) in [7, 11) is 0. The van der Waals surface area contributed by atoms with Gasteiger partial charge in [0.2, 0.25) is 5.92 Å². The first-order chi connectivity index (χ1) is 15.2. The third-order valence-corrected chi connectivity index (χ3v) is 6.83. The third-order valence-electron chi connectivity index (χ3n) is 6.83. The summed E-state index contributed by atoms with van der Waals surface area (Å²) in [6.45, 7) is 7.19. The molecule has 0 spiro atoms. The Morgan fingerprint density at radius 3 is 2.59 bits per heavy atom. The van der Waals surface area contributed by atoms with Gasteiger partial charge in [0.15, 0.2) is 5.60 Å². The number of halogens is 2. The van der Waals surface area contributed by atoms with E-state index in [4.69, 9.17) is 4.74 Å². The van der Waals surface area contributed by atoms with E-state index in [2.05, 4.69) is 36.1 Å². The van der Waals surface area contributed by atoms with Crippen molar-refractivity contribution in [3.8, 4) is 0 Å². The maximum atomic E-state index is 13.9. The number of aryl methyl sites for hydroxylation is 1. The Bertz CT molecular complexity index is 896. The lowest BCUT2D eigenvalue weighted by Crippen LogP contribution is -2.44. The number of ether oxygens (including phenoxy) is 1. The topological polar surface area (TPSA) is 55.3 Å². The second kappa shape index (κ2) is 10.1. The molecule has 1 aromatic carbocycles. The van der Waals surface area contributed by atoms with Crippen molar-refractivity contribution in [2.75, 3.05) is 6.61 Å². The smallest absolute Gasteiger partial charge is 0.343 e.